The summed E-state index contributed by atoms with van der Waals surface area (Å²) in [5, 5.41) is 0. The number of aryl methyl sites for hydroxylation is 1. The molecule has 0 saturated heterocycles. The summed E-state index contributed by atoms with van der Waals surface area (Å²) in [7, 11) is 1.83. The molecule has 5 heteroatoms. The van der Waals surface area contributed by atoms with Gasteiger partial charge < -0.3 is 9.47 Å². The molecule has 4 rings (SSSR count). The molecule has 29 heavy (non-hydrogen) atoms. The van der Waals surface area contributed by atoms with E-state index in [-0.39, 0.29) is 11.9 Å². The van der Waals surface area contributed by atoms with Crippen molar-refractivity contribution in [3.05, 3.63) is 29.1 Å². The lowest BCUT2D eigenvalue weighted by Gasteiger charge is -2.38. The monoisotopic (exact) mass is 410 g/mol. The summed E-state index contributed by atoms with van der Waals surface area (Å²) in [6.07, 6.45) is 13.8. The van der Waals surface area contributed by atoms with E-state index < -0.39 is 17.5 Å². The maximum Gasteiger partial charge on any atom is 0.203 e. The van der Waals surface area contributed by atoms with Gasteiger partial charge >= 0.3 is 0 Å². The number of fused-ring (bicyclic) bond motifs is 1. The molecule has 2 aliphatic carbocycles. The van der Waals surface area contributed by atoms with Crippen LogP contribution in [0.3, 0.4) is 0 Å². The Balaban J connectivity index is 1.22. The molecule has 0 radical (unpaired) electrons. The van der Waals surface area contributed by atoms with Crippen LogP contribution in [0.4, 0.5) is 13.2 Å². The summed E-state index contributed by atoms with van der Waals surface area (Å²) >= 11 is 0. The highest BCUT2D eigenvalue weighted by atomic mass is 19.2. The van der Waals surface area contributed by atoms with E-state index in [4.69, 9.17) is 9.47 Å². The van der Waals surface area contributed by atoms with E-state index in [1.165, 1.54) is 51.4 Å². The number of benzene rings is 1. The number of hydrogen-bond donors (Lipinski definition) is 0. The zero-order valence-corrected chi connectivity index (χ0v) is 17.4. The van der Waals surface area contributed by atoms with Crippen LogP contribution in [-0.2, 0) is 11.2 Å². The van der Waals surface area contributed by atoms with Gasteiger partial charge in [0.1, 0.15) is 0 Å². The molecule has 3 aliphatic rings. The Hall–Kier alpha value is -1.23. The molecule has 1 aliphatic heterocycles. The fourth-order valence-corrected chi connectivity index (χ4v) is 5.85. The fraction of sp³-hybridized carbons (Fsp3) is 0.750. The number of halogens is 3. The van der Waals surface area contributed by atoms with Crippen molar-refractivity contribution in [2.24, 2.45) is 17.8 Å². The quantitative estimate of drug-likeness (QED) is 0.510. The molecule has 1 aromatic carbocycles. The third kappa shape index (κ3) is 4.76. The maximum absolute atomic E-state index is 14.0. The molecule has 0 bridgehead atoms. The first-order chi connectivity index (χ1) is 14.0. The van der Waals surface area contributed by atoms with Crippen molar-refractivity contribution in [1.29, 1.82) is 0 Å². The lowest BCUT2D eigenvalue weighted by Crippen LogP contribution is -2.29. The van der Waals surface area contributed by atoms with Crippen LogP contribution in [0.5, 0.6) is 5.75 Å². The molecule has 2 nitrogen and oxygen atoms in total. The average molecular weight is 411 g/mol. The average Bonchev–Trinajstić information content (AvgIpc) is 2.77. The first-order valence-electron chi connectivity index (χ1n) is 11.4. The Kier molecular flexibility index (Phi) is 6.73. The Bertz CT molecular complexity index is 692. The fourth-order valence-electron chi connectivity index (χ4n) is 5.85. The standard InChI is InChI=1S/C24H33F3O2/c1-28-19-11-7-17(8-12-19)16-5-2-15(3-6-16)4-10-20-13-9-18-14-21(25)22(26)23(27)24(18)29-20/h14-17,19-20H,2-13H2,1H3. The van der Waals surface area contributed by atoms with Gasteiger partial charge in [-0.2, -0.15) is 4.39 Å². The minimum atomic E-state index is -1.43. The number of methoxy groups -OCH3 is 1. The van der Waals surface area contributed by atoms with Crippen LogP contribution in [0.15, 0.2) is 6.07 Å². The molecule has 1 atom stereocenters. The molecule has 2 saturated carbocycles. The van der Waals surface area contributed by atoms with Crippen molar-refractivity contribution >= 4 is 0 Å². The van der Waals surface area contributed by atoms with Gasteiger partial charge in [-0.25, -0.2) is 8.78 Å². The van der Waals surface area contributed by atoms with Crippen molar-refractivity contribution < 1.29 is 22.6 Å². The van der Waals surface area contributed by atoms with Crippen molar-refractivity contribution in [2.75, 3.05) is 7.11 Å². The number of rotatable bonds is 5. The highest BCUT2D eigenvalue weighted by Crippen LogP contribution is 2.42. The molecule has 162 valence electrons. The van der Waals surface area contributed by atoms with E-state index in [1.807, 2.05) is 7.11 Å². The highest BCUT2D eigenvalue weighted by Gasteiger charge is 2.32. The molecule has 0 aromatic heterocycles. The smallest absolute Gasteiger partial charge is 0.203 e. The van der Waals surface area contributed by atoms with Gasteiger partial charge in [-0.3, -0.25) is 0 Å². The van der Waals surface area contributed by atoms with Crippen molar-refractivity contribution in [3.8, 4) is 5.75 Å². The summed E-state index contributed by atoms with van der Waals surface area (Å²) in [5.41, 5.74) is 0.446. The largest absolute Gasteiger partial charge is 0.487 e. The summed E-state index contributed by atoms with van der Waals surface area (Å²) in [4.78, 5) is 0. The van der Waals surface area contributed by atoms with Crippen LogP contribution in [0.1, 0.15) is 76.2 Å². The lowest BCUT2D eigenvalue weighted by molar-refractivity contribution is 0.0386. The van der Waals surface area contributed by atoms with Gasteiger partial charge in [0.05, 0.1) is 12.2 Å². The summed E-state index contributed by atoms with van der Waals surface area (Å²) < 4.78 is 52.2. The van der Waals surface area contributed by atoms with Gasteiger partial charge in [-0.05, 0) is 88.0 Å². The number of hydrogen-bond acceptors (Lipinski definition) is 2. The van der Waals surface area contributed by atoms with E-state index >= 15 is 0 Å². The first-order valence-corrected chi connectivity index (χ1v) is 11.4. The maximum atomic E-state index is 14.0. The first kappa shape index (κ1) is 21.0. The van der Waals surface area contributed by atoms with Crippen LogP contribution in [0, 0.1) is 35.2 Å². The summed E-state index contributed by atoms with van der Waals surface area (Å²) in [6, 6.07) is 1.07. The molecule has 1 heterocycles. The third-order valence-electron chi connectivity index (χ3n) is 7.72. The Labute approximate surface area is 172 Å². The Morgan fingerprint density at radius 3 is 2.17 bits per heavy atom. The van der Waals surface area contributed by atoms with Gasteiger partial charge in [-0.1, -0.05) is 12.8 Å². The van der Waals surface area contributed by atoms with E-state index in [2.05, 4.69) is 0 Å². The van der Waals surface area contributed by atoms with Gasteiger partial charge in [0.2, 0.25) is 5.82 Å². The zero-order chi connectivity index (χ0) is 20.4. The highest BCUT2D eigenvalue weighted by molar-refractivity contribution is 5.38. The van der Waals surface area contributed by atoms with E-state index in [9.17, 15) is 13.2 Å². The summed E-state index contributed by atoms with van der Waals surface area (Å²) in [6.45, 7) is 0. The van der Waals surface area contributed by atoms with Crippen molar-refractivity contribution in [3.63, 3.8) is 0 Å². The third-order valence-corrected chi connectivity index (χ3v) is 7.72. The van der Waals surface area contributed by atoms with Gasteiger partial charge in [0.15, 0.2) is 17.4 Å². The van der Waals surface area contributed by atoms with Crippen molar-refractivity contribution in [2.45, 2.75) is 89.3 Å². The zero-order valence-electron chi connectivity index (χ0n) is 17.4. The molecular formula is C24H33F3O2. The van der Waals surface area contributed by atoms with Gasteiger partial charge in [-0.15, -0.1) is 0 Å². The molecule has 0 spiro atoms. The number of ether oxygens (including phenoxy) is 2. The van der Waals surface area contributed by atoms with Crippen LogP contribution < -0.4 is 4.74 Å². The second-order valence-electron chi connectivity index (χ2n) is 9.38. The molecule has 0 N–H and O–H groups in total. The van der Waals surface area contributed by atoms with Crippen LogP contribution in [-0.4, -0.2) is 19.3 Å². The second-order valence-corrected chi connectivity index (χ2v) is 9.38. The normalized spacial score (nSPS) is 32.5. The van der Waals surface area contributed by atoms with Crippen LogP contribution >= 0.6 is 0 Å². The second kappa shape index (κ2) is 9.28. The van der Waals surface area contributed by atoms with E-state index in [0.717, 1.165) is 37.2 Å². The topological polar surface area (TPSA) is 18.5 Å². The van der Waals surface area contributed by atoms with E-state index in [0.29, 0.717) is 24.0 Å². The Morgan fingerprint density at radius 2 is 1.52 bits per heavy atom. The van der Waals surface area contributed by atoms with Gasteiger partial charge in [0, 0.05) is 12.7 Å². The minimum absolute atomic E-state index is 0.0736. The molecule has 0 amide bonds. The molecular weight excluding hydrogens is 377 g/mol. The predicted molar refractivity (Wildman–Crippen MR) is 106 cm³/mol. The molecule has 2 fully saturated rings. The van der Waals surface area contributed by atoms with Gasteiger partial charge in [0.25, 0.3) is 0 Å². The van der Waals surface area contributed by atoms with Crippen LogP contribution in [0.25, 0.3) is 0 Å². The summed E-state index contributed by atoms with van der Waals surface area (Å²) in [5.74, 6) is -1.35. The molecule has 1 aromatic rings. The van der Waals surface area contributed by atoms with Crippen molar-refractivity contribution in [1.82, 2.24) is 0 Å². The predicted octanol–water partition coefficient (Wildman–Crippen LogP) is 6.59. The minimum Gasteiger partial charge on any atom is -0.487 e. The SMILES string of the molecule is COC1CCC(C2CCC(CCC3CCc4cc(F)c(F)c(F)c4O3)CC2)CC1. The van der Waals surface area contributed by atoms with E-state index in [1.54, 1.807) is 0 Å². The molecule has 1 unspecified atom stereocenters. The van der Waals surface area contributed by atoms with Crippen LogP contribution in [0.2, 0.25) is 0 Å². The lowest BCUT2D eigenvalue weighted by atomic mass is 9.70. The Morgan fingerprint density at radius 1 is 0.862 bits per heavy atom.